The summed E-state index contributed by atoms with van der Waals surface area (Å²) in [5, 5.41) is 9.32. The van der Waals surface area contributed by atoms with Crippen molar-refractivity contribution in [1.82, 2.24) is 0 Å². The maximum Gasteiger partial charge on any atom is 0.217 e. The first-order valence-electron chi connectivity index (χ1n) is 9.74. The first kappa shape index (κ1) is 22.2. The van der Waals surface area contributed by atoms with Gasteiger partial charge < -0.3 is 10.8 Å². The molecule has 0 fully saturated rings. The average molecular weight is 326 g/mol. The molecule has 0 spiro atoms. The number of hydrogen-bond donors (Lipinski definition) is 2. The van der Waals surface area contributed by atoms with Crippen LogP contribution in [0.5, 0.6) is 0 Å². The molecule has 1 amide bonds. The molecule has 0 aliphatic rings. The smallest absolute Gasteiger partial charge is 0.217 e. The van der Waals surface area contributed by atoms with E-state index in [0.29, 0.717) is 18.9 Å². The summed E-state index contributed by atoms with van der Waals surface area (Å²) < 4.78 is 0. The third-order valence-electron chi connectivity index (χ3n) is 4.42. The van der Waals surface area contributed by atoms with E-state index in [-0.39, 0.29) is 5.91 Å². The molecule has 3 heteroatoms. The Morgan fingerprint density at radius 1 is 0.913 bits per heavy atom. The molecule has 0 rings (SSSR count). The summed E-state index contributed by atoms with van der Waals surface area (Å²) >= 11 is 0. The summed E-state index contributed by atoms with van der Waals surface area (Å²) in [7, 11) is 0. The van der Waals surface area contributed by atoms with Crippen LogP contribution >= 0.6 is 0 Å². The molecular formula is C20H39NO2. The Kier molecular flexibility index (Phi) is 16.9. The van der Waals surface area contributed by atoms with E-state index in [1.54, 1.807) is 0 Å². The van der Waals surface area contributed by atoms with Crippen molar-refractivity contribution in [3.63, 3.8) is 0 Å². The minimum atomic E-state index is -0.177. The minimum Gasteiger partial charge on any atom is -0.396 e. The van der Waals surface area contributed by atoms with Crippen molar-refractivity contribution in [2.75, 3.05) is 6.61 Å². The SMILES string of the molecule is CCCCC(CO)CCCC/C=C/CCCCCCCC(N)=O. The van der Waals surface area contributed by atoms with Crippen LogP contribution in [-0.4, -0.2) is 17.6 Å². The molecule has 0 aromatic heterocycles. The van der Waals surface area contributed by atoms with Gasteiger partial charge in [0.25, 0.3) is 0 Å². The van der Waals surface area contributed by atoms with E-state index in [2.05, 4.69) is 19.1 Å². The van der Waals surface area contributed by atoms with Gasteiger partial charge in [-0.1, -0.05) is 57.6 Å². The normalized spacial score (nSPS) is 12.8. The number of amides is 1. The highest BCUT2D eigenvalue weighted by atomic mass is 16.3. The van der Waals surface area contributed by atoms with Gasteiger partial charge >= 0.3 is 0 Å². The Bertz CT molecular complexity index is 289. The summed E-state index contributed by atoms with van der Waals surface area (Å²) in [6.07, 6.45) is 20.6. The number of aliphatic hydroxyl groups excluding tert-OH is 1. The van der Waals surface area contributed by atoms with Gasteiger partial charge in [0.1, 0.15) is 0 Å². The Morgan fingerprint density at radius 3 is 2.09 bits per heavy atom. The Balaban J connectivity index is 3.29. The van der Waals surface area contributed by atoms with Crippen LogP contribution in [0, 0.1) is 5.92 Å². The van der Waals surface area contributed by atoms with Crippen LogP contribution in [0.1, 0.15) is 96.8 Å². The number of aliphatic hydroxyl groups is 1. The molecule has 136 valence electrons. The molecule has 23 heavy (non-hydrogen) atoms. The fraction of sp³-hybridized carbons (Fsp3) is 0.850. The first-order valence-corrected chi connectivity index (χ1v) is 9.74. The standard InChI is InChI=1S/C20H39NO2/c1-2-3-15-19(18-22)16-13-11-9-7-5-4-6-8-10-12-14-17-20(21)23/h5,7,19,22H,2-4,6,8-18H2,1H3,(H2,21,23)/b7-5+. The Labute approximate surface area is 143 Å². The van der Waals surface area contributed by atoms with E-state index in [1.165, 1.54) is 70.6 Å². The third kappa shape index (κ3) is 17.4. The van der Waals surface area contributed by atoms with Crippen molar-refractivity contribution in [1.29, 1.82) is 0 Å². The van der Waals surface area contributed by atoms with E-state index in [0.717, 1.165) is 12.8 Å². The lowest BCUT2D eigenvalue weighted by Gasteiger charge is -2.12. The number of hydrogen-bond acceptors (Lipinski definition) is 2. The summed E-state index contributed by atoms with van der Waals surface area (Å²) in [6, 6.07) is 0. The number of unbranched alkanes of at least 4 members (excludes halogenated alkanes) is 8. The van der Waals surface area contributed by atoms with Crippen LogP contribution in [0.15, 0.2) is 12.2 Å². The summed E-state index contributed by atoms with van der Waals surface area (Å²) in [4.78, 5) is 10.6. The maximum atomic E-state index is 10.6. The molecule has 0 aromatic carbocycles. The van der Waals surface area contributed by atoms with Crippen LogP contribution in [0.25, 0.3) is 0 Å². The third-order valence-corrected chi connectivity index (χ3v) is 4.42. The van der Waals surface area contributed by atoms with Gasteiger partial charge in [0.2, 0.25) is 5.91 Å². The highest BCUT2D eigenvalue weighted by Gasteiger charge is 2.05. The molecule has 0 aromatic rings. The van der Waals surface area contributed by atoms with Crippen LogP contribution in [0.4, 0.5) is 0 Å². The number of allylic oxidation sites excluding steroid dienone is 2. The fourth-order valence-corrected chi connectivity index (χ4v) is 2.84. The van der Waals surface area contributed by atoms with Crippen molar-refractivity contribution >= 4 is 5.91 Å². The molecule has 3 nitrogen and oxygen atoms in total. The molecule has 0 saturated heterocycles. The average Bonchev–Trinajstić information content (AvgIpc) is 2.54. The van der Waals surface area contributed by atoms with Gasteiger partial charge in [0, 0.05) is 13.0 Å². The quantitative estimate of drug-likeness (QED) is 0.288. The summed E-state index contributed by atoms with van der Waals surface area (Å²) in [5.74, 6) is 0.345. The molecular weight excluding hydrogens is 286 g/mol. The van der Waals surface area contributed by atoms with Crippen molar-refractivity contribution < 1.29 is 9.90 Å². The predicted molar refractivity (Wildman–Crippen MR) is 99.2 cm³/mol. The van der Waals surface area contributed by atoms with Crippen molar-refractivity contribution in [3.8, 4) is 0 Å². The molecule has 1 unspecified atom stereocenters. The number of primary amides is 1. The van der Waals surface area contributed by atoms with Crippen LogP contribution in [-0.2, 0) is 4.79 Å². The van der Waals surface area contributed by atoms with Gasteiger partial charge in [-0.3, -0.25) is 4.79 Å². The summed E-state index contributed by atoms with van der Waals surface area (Å²) in [6.45, 7) is 2.57. The topological polar surface area (TPSA) is 63.3 Å². The number of carbonyl (C=O) groups is 1. The molecule has 0 saturated carbocycles. The summed E-state index contributed by atoms with van der Waals surface area (Å²) in [5.41, 5.74) is 5.11. The molecule has 0 radical (unpaired) electrons. The van der Waals surface area contributed by atoms with Gasteiger partial charge in [0.15, 0.2) is 0 Å². The second kappa shape index (κ2) is 17.5. The van der Waals surface area contributed by atoms with E-state index in [4.69, 9.17) is 5.73 Å². The van der Waals surface area contributed by atoms with E-state index in [1.807, 2.05) is 0 Å². The van der Waals surface area contributed by atoms with Crippen molar-refractivity contribution in [2.24, 2.45) is 11.7 Å². The molecule has 0 aliphatic heterocycles. The maximum absolute atomic E-state index is 10.6. The molecule has 3 N–H and O–H groups in total. The predicted octanol–water partition coefficient (Wildman–Crippen LogP) is 5.12. The lowest BCUT2D eigenvalue weighted by atomic mass is 9.96. The van der Waals surface area contributed by atoms with Crippen LogP contribution in [0.2, 0.25) is 0 Å². The van der Waals surface area contributed by atoms with E-state index < -0.39 is 0 Å². The minimum absolute atomic E-state index is 0.177. The van der Waals surface area contributed by atoms with Crippen LogP contribution < -0.4 is 5.73 Å². The molecule has 0 heterocycles. The first-order chi connectivity index (χ1) is 11.2. The van der Waals surface area contributed by atoms with Crippen molar-refractivity contribution in [2.45, 2.75) is 96.8 Å². The second-order valence-corrected chi connectivity index (χ2v) is 6.72. The zero-order chi connectivity index (χ0) is 17.2. The zero-order valence-electron chi connectivity index (χ0n) is 15.3. The lowest BCUT2D eigenvalue weighted by molar-refractivity contribution is -0.118. The molecule has 0 aliphatic carbocycles. The fourth-order valence-electron chi connectivity index (χ4n) is 2.84. The Morgan fingerprint density at radius 2 is 1.48 bits per heavy atom. The largest absolute Gasteiger partial charge is 0.396 e. The van der Waals surface area contributed by atoms with Gasteiger partial charge in [0.05, 0.1) is 0 Å². The molecule has 0 bridgehead atoms. The van der Waals surface area contributed by atoms with Gasteiger partial charge in [-0.2, -0.15) is 0 Å². The molecule has 1 atom stereocenters. The zero-order valence-corrected chi connectivity index (χ0v) is 15.3. The monoisotopic (exact) mass is 325 g/mol. The van der Waals surface area contributed by atoms with Crippen molar-refractivity contribution in [3.05, 3.63) is 12.2 Å². The van der Waals surface area contributed by atoms with Gasteiger partial charge in [-0.15, -0.1) is 0 Å². The number of rotatable bonds is 17. The highest BCUT2D eigenvalue weighted by Crippen LogP contribution is 2.16. The Hall–Kier alpha value is -0.830. The number of nitrogens with two attached hydrogens (primary N) is 1. The second-order valence-electron chi connectivity index (χ2n) is 6.72. The van der Waals surface area contributed by atoms with Gasteiger partial charge in [-0.05, 0) is 50.9 Å². The lowest BCUT2D eigenvalue weighted by Crippen LogP contribution is -2.09. The van der Waals surface area contributed by atoms with Gasteiger partial charge in [-0.25, -0.2) is 0 Å². The van der Waals surface area contributed by atoms with E-state index in [9.17, 15) is 9.90 Å². The van der Waals surface area contributed by atoms with Crippen LogP contribution in [0.3, 0.4) is 0 Å². The number of carbonyl (C=O) groups excluding carboxylic acids is 1. The highest BCUT2D eigenvalue weighted by molar-refractivity contribution is 5.73. The van der Waals surface area contributed by atoms with E-state index >= 15 is 0 Å².